The summed E-state index contributed by atoms with van der Waals surface area (Å²) in [4.78, 5) is 25.8. The number of amides is 2. The summed E-state index contributed by atoms with van der Waals surface area (Å²) in [5.74, 6) is 1.88. The van der Waals surface area contributed by atoms with Crippen LogP contribution in [0.1, 0.15) is 29.6 Å². The SMILES string of the molecule is C#CCNS(=O)(=O)c1ccc(C(=O)NCCC(=O)N2CCCC2)cc1. The average Bonchev–Trinajstić information content (AvgIpc) is 3.14. The van der Waals surface area contributed by atoms with E-state index in [4.69, 9.17) is 6.42 Å². The van der Waals surface area contributed by atoms with Crippen molar-refractivity contribution in [1.82, 2.24) is 14.9 Å². The molecular formula is C17H21N3O4S. The van der Waals surface area contributed by atoms with Crippen LogP contribution in [0.4, 0.5) is 0 Å². The predicted octanol–water partition coefficient (Wildman–Crippen LogP) is 0.340. The van der Waals surface area contributed by atoms with Crippen LogP contribution in [-0.4, -0.2) is 51.3 Å². The number of likely N-dealkylation sites (tertiary alicyclic amines) is 1. The van der Waals surface area contributed by atoms with Gasteiger partial charge in [-0.1, -0.05) is 5.92 Å². The minimum absolute atomic E-state index is 0.0310. The van der Waals surface area contributed by atoms with Gasteiger partial charge in [-0.2, -0.15) is 4.72 Å². The van der Waals surface area contributed by atoms with Crippen molar-refractivity contribution in [2.75, 3.05) is 26.2 Å². The van der Waals surface area contributed by atoms with Crippen LogP contribution in [0.5, 0.6) is 0 Å². The monoisotopic (exact) mass is 363 g/mol. The van der Waals surface area contributed by atoms with Crippen molar-refractivity contribution < 1.29 is 18.0 Å². The topological polar surface area (TPSA) is 95.6 Å². The first-order chi connectivity index (χ1) is 11.9. The van der Waals surface area contributed by atoms with E-state index >= 15 is 0 Å². The molecule has 1 fully saturated rings. The average molecular weight is 363 g/mol. The Labute approximate surface area is 147 Å². The molecule has 0 saturated carbocycles. The van der Waals surface area contributed by atoms with Crippen molar-refractivity contribution in [2.45, 2.75) is 24.2 Å². The highest BCUT2D eigenvalue weighted by molar-refractivity contribution is 7.89. The Morgan fingerprint density at radius 3 is 2.40 bits per heavy atom. The molecule has 25 heavy (non-hydrogen) atoms. The van der Waals surface area contributed by atoms with Crippen molar-refractivity contribution in [2.24, 2.45) is 0 Å². The molecule has 1 aromatic carbocycles. The van der Waals surface area contributed by atoms with E-state index in [0.29, 0.717) is 5.56 Å². The van der Waals surface area contributed by atoms with E-state index in [-0.39, 0.29) is 36.2 Å². The van der Waals surface area contributed by atoms with E-state index in [9.17, 15) is 18.0 Å². The molecule has 0 radical (unpaired) electrons. The molecular weight excluding hydrogens is 342 g/mol. The van der Waals surface area contributed by atoms with Gasteiger partial charge in [0.1, 0.15) is 0 Å². The summed E-state index contributed by atoms with van der Waals surface area (Å²) >= 11 is 0. The van der Waals surface area contributed by atoms with E-state index in [1.54, 1.807) is 4.90 Å². The first-order valence-electron chi connectivity index (χ1n) is 8.03. The highest BCUT2D eigenvalue weighted by Crippen LogP contribution is 2.11. The number of rotatable bonds is 7. The molecule has 0 spiro atoms. The van der Waals surface area contributed by atoms with Gasteiger partial charge in [0.2, 0.25) is 15.9 Å². The zero-order chi connectivity index (χ0) is 18.3. The lowest BCUT2D eigenvalue weighted by molar-refractivity contribution is -0.129. The maximum Gasteiger partial charge on any atom is 0.251 e. The second-order valence-electron chi connectivity index (χ2n) is 5.65. The lowest BCUT2D eigenvalue weighted by atomic mass is 10.2. The van der Waals surface area contributed by atoms with Crippen molar-refractivity contribution in [3.8, 4) is 12.3 Å². The molecule has 8 heteroatoms. The van der Waals surface area contributed by atoms with Crippen LogP contribution in [0.2, 0.25) is 0 Å². The molecule has 134 valence electrons. The zero-order valence-electron chi connectivity index (χ0n) is 13.8. The maximum atomic E-state index is 12.1. The quantitative estimate of drug-likeness (QED) is 0.683. The lowest BCUT2D eigenvalue weighted by Gasteiger charge is -2.15. The van der Waals surface area contributed by atoms with Crippen molar-refractivity contribution in [3.05, 3.63) is 29.8 Å². The fourth-order valence-corrected chi connectivity index (χ4v) is 3.45. The minimum atomic E-state index is -3.68. The van der Waals surface area contributed by atoms with Gasteiger partial charge in [0, 0.05) is 31.6 Å². The van der Waals surface area contributed by atoms with E-state index in [1.807, 2.05) is 0 Å². The Bertz CT molecular complexity index is 760. The van der Waals surface area contributed by atoms with Crippen molar-refractivity contribution >= 4 is 21.8 Å². The van der Waals surface area contributed by atoms with E-state index < -0.39 is 10.0 Å². The molecule has 1 saturated heterocycles. The third-order valence-electron chi connectivity index (χ3n) is 3.87. The molecule has 0 atom stereocenters. The number of carbonyl (C=O) groups is 2. The standard InChI is InChI=1S/C17H21N3O4S/c1-2-10-19-25(23,24)15-7-5-14(6-8-15)17(22)18-11-9-16(21)20-12-3-4-13-20/h1,5-8,19H,3-4,9-13H2,(H,18,22). The Morgan fingerprint density at radius 1 is 1.16 bits per heavy atom. The second kappa shape index (κ2) is 8.65. The van der Waals surface area contributed by atoms with Gasteiger partial charge < -0.3 is 10.2 Å². The zero-order valence-corrected chi connectivity index (χ0v) is 14.6. The smallest absolute Gasteiger partial charge is 0.251 e. The Balaban J connectivity index is 1.85. The van der Waals surface area contributed by atoms with Gasteiger partial charge in [0.05, 0.1) is 11.4 Å². The van der Waals surface area contributed by atoms with Crippen LogP contribution in [-0.2, 0) is 14.8 Å². The highest BCUT2D eigenvalue weighted by atomic mass is 32.2. The number of terminal acetylenes is 1. The summed E-state index contributed by atoms with van der Waals surface area (Å²) in [6.45, 7) is 1.72. The molecule has 1 heterocycles. The fourth-order valence-electron chi connectivity index (χ4n) is 2.52. The molecule has 0 unspecified atom stereocenters. The Morgan fingerprint density at radius 2 is 1.80 bits per heavy atom. The van der Waals surface area contributed by atoms with Gasteiger partial charge in [0.25, 0.3) is 5.91 Å². The van der Waals surface area contributed by atoms with E-state index in [2.05, 4.69) is 16.0 Å². The molecule has 0 bridgehead atoms. The Kier molecular flexibility index (Phi) is 6.56. The number of carbonyl (C=O) groups excluding carboxylic acids is 2. The molecule has 7 nitrogen and oxygen atoms in total. The molecule has 2 amide bonds. The fraction of sp³-hybridized carbons (Fsp3) is 0.412. The molecule has 1 aromatic rings. The van der Waals surface area contributed by atoms with Gasteiger partial charge >= 0.3 is 0 Å². The summed E-state index contributed by atoms with van der Waals surface area (Å²) in [7, 11) is -3.68. The number of benzene rings is 1. The van der Waals surface area contributed by atoms with Crippen molar-refractivity contribution in [3.63, 3.8) is 0 Å². The van der Waals surface area contributed by atoms with Crippen LogP contribution in [0.3, 0.4) is 0 Å². The van der Waals surface area contributed by atoms with Gasteiger partial charge in [-0.25, -0.2) is 8.42 Å². The number of sulfonamides is 1. The third-order valence-corrected chi connectivity index (χ3v) is 5.29. The normalized spacial score (nSPS) is 14.1. The summed E-state index contributed by atoms with van der Waals surface area (Å²) in [5.41, 5.74) is 0.324. The molecule has 2 N–H and O–H groups in total. The van der Waals surface area contributed by atoms with Gasteiger partial charge in [-0.05, 0) is 37.1 Å². The maximum absolute atomic E-state index is 12.1. The van der Waals surface area contributed by atoms with Gasteiger partial charge in [-0.15, -0.1) is 6.42 Å². The minimum Gasteiger partial charge on any atom is -0.352 e. The van der Waals surface area contributed by atoms with Crippen LogP contribution in [0.15, 0.2) is 29.2 Å². The highest BCUT2D eigenvalue weighted by Gasteiger charge is 2.18. The van der Waals surface area contributed by atoms with Crippen LogP contribution >= 0.6 is 0 Å². The summed E-state index contributed by atoms with van der Waals surface area (Å²) in [6.07, 6.45) is 7.35. The molecule has 0 aromatic heterocycles. The predicted molar refractivity (Wildman–Crippen MR) is 93.2 cm³/mol. The first-order valence-corrected chi connectivity index (χ1v) is 9.51. The third kappa shape index (κ3) is 5.31. The summed E-state index contributed by atoms with van der Waals surface area (Å²) in [5, 5.41) is 2.67. The Hall–Kier alpha value is -2.37. The number of nitrogens with one attached hydrogen (secondary N) is 2. The summed E-state index contributed by atoms with van der Waals surface area (Å²) in [6, 6.07) is 5.51. The lowest BCUT2D eigenvalue weighted by Crippen LogP contribution is -2.32. The van der Waals surface area contributed by atoms with Crippen LogP contribution < -0.4 is 10.0 Å². The number of hydrogen-bond acceptors (Lipinski definition) is 4. The summed E-state index contributed by atoms with van der Waals surface area (Å²) < 4.78 is 26.0. The largest absolute Gasteiger partial charge is 0.352 e. The first kappa shape index (κ1) is 19.0. The van der Waals surface area contributed by atoms with E-state index in [0.717, 1.165) is 25.9 Å². The number of nitrogens with zero attached hydrogens (tertiary/aromatic N) is 1. The van der Waals surface area contributed by atoms with E-state index in [1.165, 1.54) is 24.3 Å². The van der Waals surface area contributed by atoms with Crippen molar-refractivity contribution in [1.29, 1.82) is 0 Å². The molecule has 0 aliphatic carbocycles. The van der Waals surface area contributed by atoms with Gasteiger partial charge in [-0.3, -0.25) is 9.59 Å². The van der Waals surface area contributed by atoms with Crippen LogP contribution in [0.25, 0.3) is 0 Å². The van der Waals surface area contributed by atoms with Gasteiger partial charge in [0.15, 0.2) is 0 Å². The molecule has 2 rings (SSSR count). The molecule has 1 aliphatic heterocycles. The van der Waals surface area contributed by atoms with Crippen LogP contribution in [0, 0.1) is 12.3 Å². The molecule has 1 aliphatic rings. The second-order valence-corrected chi connectivity index (χ2v) is 7.41. The number of hydrogen-bond donors (Lipinski definition) is 2.